The molecule has 1 aromatic rings. The predicted octanol–water partition coefficient (Wildman–Crippen LogP) is 3.38. The molecule has 1 aromatic carbocycles. The van der Waals surface area contributed by atoms with Crippen LogP contribution in [0.2, 0.25) is 0 Å². The van der Waals surface area contributed by atoms with Crippen molar-refractivity contribution in [2.24, 2.45) is 4.40 Å². The third kappa shape index (κ3) is 5.38. The minimum atomic E-state index is -3.89. The fourth-order valence-electron chi connectivity index (χ4n) is 1.48. The Morgan fingerprint density at radius 2 is 1.86 bits per heavy atom. The third-order valence-electron chi connectivity index (χ3n) is 2.66. The van der Waals surface area contributed by atoms with E-state index in [0.717, 1.165) is 5.56 Å². The van der Waals surface area contributed by atoms with Crippen molar-refractivity contribution >= 4 is 37.6 Å². The molecule has 22 heavy (non-hydrogen) atoms. The van der Waals surface area contributed by atoms with Gasteiger partial charge in [-0.1, -0.05) is 24.6 Å². The van der Waals surface area contributed by atoms with Crippen LogP contribution < -0.4 is 0 Å². The highest BCUT2D eigenvalue weighted by molar-refractivity contribution is 9.12. The Hall–Kier alpha value is -1.47. The van der Waals surface area contributed by atoms with Crippen molar-refractivity contribution in [2.45, 2.75) is 32.1 Å². The van der Waals surface area contributed by atoms with Crippen molar-refractivity contribution in [1.29, 1.82) is 0 Å². The van der Waals surface area contributed by atoms with Crippen molar-refractivity contribution in [2.75, 3.05) is 6.61 Å². The number of hydrogen-bond acceptors (Lipinski definition) is 4. The van der Waals surface area contributed by atoms with E-state index in [1.165, 1.54) is 18.2 Å². The molecule has 0 bridgehead atoms. The molecule has 0 radical (unpaired) electrons. The van der Waals surface area contributed by atoms with Gasteiger partial charge in [0.15, 0.2) is 5.78 Å². The van der Waals surface area contributed by atoms with Gasteiger partial charge >= 0.3 is 0 Å². The van der Waals surface area contributed by atoms with Gasteiger partial charge < -0.3 is 4.74 Å². The number of ether oxygens (including phenoxy) is 1. The molecule has 0 spiro atoms. The first-order valence-corrected chi connectivity index (χ1v) is 8.98. The standard InChI is InChI=1S/C15H18BrNO4S/c1-4-14(18)13(16)10-15(21-5-2)17-22(19,20)12-8-6-11(3)7-9-12/h6-10H,4-5H2,1-3H3/b13-10+,17-15-. The normalized spacial score (nSPS) is 13.1. The van der Waals surface area contributed by atoms with Gasteiger partial charge in [0.2, 0.25) is 5.90 Å². The van der Waals surface area contributed by atoms with Crippen LogP contribution in [0, 0.1) is 6.92 Å². The molecule has 0 aliphatic carbocycles. The van der Waals surface area contributed by atoms with E-state index in [1.807, 2.05) is 6.92 Å². The molecule has 5 nitrogen and oxygen atoms in total. The zero-order valence-corrected chi connectivity index (χ0v) is 15.1. The summed E-state index contributed by atoms with van der Waals surface area (Å²) < 4.78 is 33.6. The predicted molar refractivity (Wildman–Crippen MR) is 89.7 cm³/mol. The molecule has 0 heterocycles. The van der Waals surface area contributed by atoms with Crippen molar-refractivity contribution in [1.82, 2.24) is 0 Å². The maximum absolute atomic E-state index is 12.3. The molecule has 1 rings (SSSR count). The third-order valence-corrected chi connectivity index (χ3v) is 4.62. The Bertz CT molecular complexity index is 691. The number of rotatable bonds is 6. The van der Waals surface area contributed by atoms with Crippen molar-refractivity contribution in [3.63, 3.8) is 0 Å². The first-order chi connectivity index (χ1) is 10.3. The summed E-state index contributed by atoms with van der Waals surface area (Å²) in [6.07, 6.45) is 1.57. The topological polar surface area (TPSA) is 72.8 Å². The molecule has 0 unspecified atom stereocenters. The number of hydrogen-bond donors (Lipinski definition) is 0. The summed E-state index contributed by atoms with van der Waals surface area (Å²) in [7, 11) is -3.89. The SMILES string of the molecule is CCOC(/C=C(/Br)C(=O)CC)=N\S(=O)(=O)c1ccc(C)cc1. The number of benzene rings is 1. The van der Waals surface area contributed by atoms with E-state index in [4.69, 9.17) is 4.74 Å². The van der Waals surface area contributed by atoms with Gasteiger partial charge in [-0.3, -0.25) is 4.79 Å². The lowest BCUT2D eigenvalue weighted by Crippen LogP contribution is -2.08. The smallest absolute Gasteiger partial charge is 0.285 e. The van der Waals surface area contributed by atoms with E-state index in [-0.39, 0.29) is 27.7 Å². The van der Waals surface area contributed by atoms with E-state index in [0.29, 0.717) is 6.42 Å². The molecule has 0 amide bonds. The maximum Gasteiger partial charge on any atom is 0.285 e. The lowest BCUT2D eigenvalue weighted by Gasteiger charge is -2.05. The van der Waals surface area contributed by atoms with Crippen LogP contribution in [-0.4, -0.2) is 26.7 Å². The molecule has 0 aromatic heterocycles. The molecule has 0 fully saturated rings. The number of nitrogens with zero attached hydrogens (tertiary/aromatic N) is 1. The van der Waals surface area contributed by atoms with Gasteiger partial charge in [0.1, 0.15) is 0 Å². The number of ketones is 1. The monoisotopic (exact) mass is 387 g/mol. The highest BCUT2D eigenvalue weighted by Gasteiger charge is 2.15. The van der Waals surface area contributed by atoms with E-state index in [9.17, 15) is 13.2 Å². The van der Waals surface area contributed by atoms with Crippen LogP contribution in [0.4, 0.5) is 0 Å². The van der Waals surface area contributed by atoms with Crippen LogP contribution in [-0.2, 0) is 19.6 Å². The van der Waals surface area contributed by atoms with Gasteiger partial charge in [-0.25, -0.2) is 0 Å². The summed E-state index contributed by atoms with van der Waals surface area (Å²) in [6.45, 7) is 5.51. The summed E-state index contributed by atoms with van der Waals surface area (Å²) in [5, 5.41) is 0. The molecule has 120 valence electrons. The zero-order valence-electron chi connectivity index (χ0n) is 12.7. The van der Waals surface area contributed by atoms with Crippen LogP contribution in [0.3, 0.4) is 0 Å². The van der Waals surface area contributed by atoms with Gasteiger partial charge in [-0.15, -0.1) is 4.40 Å². The Kier molecular flexibility index (Phi) is 6.96. The van der Waals surface area contributed by atoms with Crippen molar-refractivity contribution < 1.29 is 17.9 Å². The minimum absolute atomic E-state index is 0.0710. The molecule has 7 heteroatoms. The largest absolute Gasteiger partial charge is 0.477 e. The van der Waals surface area contributed by atoms with Gasteiger partial charge in [-0.05, 0) is 41.9 Å². The average molecular weight is 388 g/mol. The molecular formula is C15H18BrNO4S. The number of sulfonamides is 1. The van der Waals surface area contributed by atoms with Gasteiger partial charge in [0.05, 0.1) is 16.0 Å². The molecule has 0 atom stereocenters. The number of carbonyl (C=O) groups is 1. The zero-order chi connectivity index (χ0) is 16.8. The number of aryl methyl sites for hydroxylation is 1. The lowest BCUT2D eigenvalue weighted by atomic mass is 10.2. The van der Waals surface area contributed by atoms with E-state index in [1.54, 1.807) is 26.0 Å². The fraction of sp³-hybridized carbons (Fsp3) is 0.333. The van der Waals surface area contributed by atoms with Crippen LogP contribution in [0.5, 0.6) is 0 Å². The van der Waals surface area contributed by atoms with Crippen LogP contribution >= 0.6 is 15.9 Å². The first-order valence-electron chi connectivity index (χ1n) is 6.75. The summed E-state index contributed by atoms with van der Waals surface area (Å²) in [4.78, 5) is 11.6. The number of halogens is 1. The quantitative estimate of drug-likeness (QED) is 0.426. The summed E-state index contributed by atoms with van der Waals surface area (Å²) in [6, 6.07) is 6.34. The second kappa shape index (κ2) is 8.24. The highest BCUT2D eigenvalue weighted by Crippen LogP contribution is 2.15. The van der Waals surface area contributed by atoms with Crippen LogP contribution in [0.1, 0.15) is 25.8 Å². The molecular weight excluding hydrogens is 370 g/mol. The molecule has 0 saturated carbocycles. The first kappa shape index (κ1) is 18.6. The minimum Gasteiger partial charge on any atom is -0.477 e. The average Bonchev–Trinajstić information content (AvgIpc) is 2.46. The molecule has 0 aliphatic heterocycles. The Balaban J connectivity index is 3.21. The Morgan fingerprint density at radius 1 is 1.27 bits per heavy atom. The maximum atomic E-state index is 12.3. The van der Waals surface area contributed by atoms with E-state index >= 15 is 0 Å². The lowest BCUT2D eigenvalue weighted by molar-refractivity contribution is -0.114. The molecule has 0 N–H and O–H groups in total. The summed E-state index contributed by atoms with van der Waals surface area (Å²) in [5.41, 5.74) is 0.948. The Labute approximate surface area is 139 Å². The Morgan fingerprint density at radius 3 is 2.36 bits per heavy atom. The van der Waals surface area contributed by atoms with E-state index < -0.39 is 10.0 Å². The fourth-order valence-corrected chi connectivity index (χ4v) is 2.89. The van der Waals surface area contributed by atoms with Crippen molar-refractivity contribution in [3.05, 3.63) is 40.4 Å². The van der Waals surface area contributed by atoms with E-state index in [2.05, 4.69) is 20.3 Å². The van der Waals surface area contributed by atoms with Gasteiger partial charge in [-0.2, -0.15) is 8.42 Å². The second-order valence-corrected chi connectivity index (χ2v) is 6.88. The second-order valence-electron chi connectivity index (χ2n) is 4.42. The molecule has 0 aliphatic rings. The summed E-state index contributed by atoms with van der Waals surface area (Å²) in [5.74, 6) is -0.295. The number of carbonyl (C=O) groups excluding carboxylic acids is 1. The summed E-state index contributed by atoms with van der Waals surface area (Å²) >= 11 is 3.10. The number of Topliss-reactive ketones (excluding diaryl/α,β-unsaturated/α-hetero) is 1. The highest BCUT2D eigenvalue weighted by atomic mass is 79.9. The molecule has 0 saturated heterocycles. The number of allylic oxidation sites excluding steroid dienone is 1. The van der Waals surface area contributed by atoms with Crippen molar-refractivity contribution in [3.8, 4) is 0 Å². The van der Waals surface area contributed by atoms with Crippen LogP contribution in [0.25, 0.3) is 0 Å². The van der Waals surface area contributed by atoms with Crippen LogP contribution in [0.15, 0.2) is 44.1 Å². The van der Waals surface area contributed by atoms with Gasteiger partial charge in [0, 0.05) is 12.5 Å². The van der Waals surface area contributed by atoms with Gasteiger partial charge in [0.25, 0.3) is 10.0 Å².